The van der Waals surface area contributed by atoms with Gasteiger partial charge in [0.05, 0.1) is 10.4 Å². The van der Waals surface area contributed by atoms with Crippen molar-refractivity contribution in [1.82, 2.24) is 29.9 Å². The second-order valence-corrected chi connectivity index (χ2v) is 9.43. The van der Waals surface area contributed by atoms with E-state index in [0.29, 0.717) is 29.7 Å². The lowest BCUT2D eigenvalue weighted by molar-refractivity contribution is 0.681. The Morgan fingerprint density at radius 2 is 1.81 bits per heavy atom. The monoisotopic (exact) mass is 516 g/mol. The number of nitrogens with two attached hydrogens (primary N) is 1. The summed E-state index contributed by atoms with van der Waals surface area (Å²) in [6.07, 6.45) is 5.93. The molecule has 0 radical (unpaired) electrons. The number of nitrogens with zero attached hydrogens (tertiary/aromatic N) is 6. The van der Waals surface area contributed by atoms with Crippen molar-refractivity contribution < 1.29 is 0 Å². The predicted octanol–water partition coefficient (Wildman–Crippen LogP) is 5.38. The van der Waals surface area contributed by atoms with Crippen molar-refractivity contribution in [2.24, 2.45) is 5.73 Å². The fourth-order valence-corrected chi connectivity index (χ4v) is 4.64. The number of halogens is 1. The Morgan fingerprint density at radius 3 is 2.54 bits per heavy atom. The largest absolute Gasteiger partial charge is 0.354 e. The summed E-state index contributed by atoms with van der Waals surface area (Å²) < 4.78 is 0. The number of aromatic nitrogens is 6. The van der Waals surface area contributed by atoms with Gasteiger partial charge in [-0.25, -0.2) is 19.9 Å². The van der Waals surface area contributed by atoms with Crippen LogP contribution in [0.15, 0.2) is 55.0 Å². The third-order valence-corrected chi connectivity index (χ3v) is 6.55. The summed E-state index contributed by atoms with van der Waals surface area (Å²) in [4.78, 5) is 27.1. The van der Waals surface area contributed by atoms with Gasteiger partial charge in [-0.15, -0.1) is 0 Å². The van der Waals surface area contributed by atoms with Gasteiger partial charge < -0.3 is 15.6 Å². The third kappa shape index (κ3) is 6.21. The van der Waals surface area contributed by atoms with Gasteiger partial charge in [0.1, 0.15) is 22.8 Å². The van der Waals surface area contributed by atoms with Crippen molar-refractivity contribution in [3.8, 4) is 0 Å². The highest BCUT2D eigenvalue weighted by Crippen LogP contribution is 2.34. The van der Waals surface area contributed by atoms with E-state index in [-0.39, 0.29) is 0 Å². The molecule has 5 aromatic rings. The Labute approximate surface area is 222 Å². The fourth-order valence-electron chi connectivity index (χ4n) is 4.29. The van der Waals surface area contributed by atoms with Crippen LogP contribution in [-0.2, 0) is 6.42 Å². The smallest absolute Gasteiger partial charge is 0.178 e. The van der Waals surface area contributed by atoms with Crippen LogP contribution in [0, 0.1) is 13.8 Å². The van der Waals surface area contributed by atoms with E-state index in [2.05, 4.69) is 67.9 Å². The van der Waals surface area contributed by atoms with Gasteiger partial charge in [0.15, 0.2) is 5.65 Å². The Bertz CT molecular complexity index is 1470. The third-order valence-electron chi connectivity index (χ3n) is 6.13. The quantitative estimate of drug-likeness (QED) is 0.298. The molecular formula is C28H33ClN8. The van der Waals surface area contributed by atoms with Crippen molar-refractivity contribution in [1.29, 1.82) is 0 Å². The standard InChI is InChI=1S/C20H26ClN5.C8H7N3/c1-4-16-18(21)17-19(25-16)23-14(3)24-20(17)26(11-10-22)12-13(2)15-8-6-5-7-9-15;1-6-4-7-8(11-5-6)10-3-2-9-7/h5-9,13H,4,10-12,22H2,1-3H3,(H,23,24,25);2-5H,1H3. The molecule has 8 nitrogen and oxygen atoms in total. The molecule has 3 N–H and O–H groups in total. The van der Waals surface area contributed by atoms with Crippen molar-refractivity contribution in [3.63, 3.8) is 0 Å². The molecule has 0 fully saturated rings. The van der Waals surface area contributed by atoms with Crippen LogP contribution in [0.25, 0.3) is 22.2 Å². The van der Waals surface area contributed by atoms with E-state index in [9.17, 15) is 0 Å². The number of nitrogens with one attached hydrogen (secondary N) is 1. The van der Waals surface area contributed by atoms with Crippen LogP contribution in [-0.4, -0.2) is 49.5 Å². The van der Waals surface area contributed by atoms with Crippen LogP contribution in [0.5, 0.6) is 0 Å². The number of aryl methyl sites for hydroxylation is 3. The zero-order valence-electron chi connectivity index (χ0n) is 21.7. The summed E-state index contributed by atoms with van der Waals surface area (Å²) in [5.41, 5.74) is 11.7. The van der Waals surface area contributed by atoms with Gasteiger partial charge in [-0.2, -0.15) is 0 Å². The second-order valence-electron chi connectivity index (χ2n) is 9.05. The van der Waals surface area contributed by atoms with E-state index in [1.54, 1.807) is 18.6 Å². The van der Waals surface area contributed by atoms with Crippen molar-refractivity contribution >= 4 is 39.6 Å². The molecule has 37 heavy (non-hydrogen) atoms. The minimum atomic E-state index is 0.344. The Balaban J connectivity index is 0.000000241. The molecule has 1 aromatic carbocycles. The van der Waals surface area contributed by atoms with Crippen LogP contribution in [0.3, 0.4) is 0 Å². The van der Waals surface area contributed by atoms with E-state index < -0.39 is 0 Å². The van der Waals surface area contributed by atoms with E-state index in [4.69, 9.17) is 22.3 Å². The highest BCUT2D eigenvalue weighted by molar-refractivity contribution is 6.37. The van der Waals surface area contributed by atoms with Gasteiger partial charge in [-0.1, -0.05) is 55.8 Å². The first-order valence-electron chi connectivity index (χ1n) is 12.5. The molecule has 9 heteroatoms. The highest BCUT2D eigenvalue weighted by Gasteiger charge is 2.21. The number of fused-ring (bicyclic) bond motifs is 2. The Hall–Kier alpha value is -3.62. The first-order chi connectivity index (χ1) is 17.9. The molecule has 4 heterocycles. The van der Waals surface area contributed by atoms with Crippen LogP contribution in [0.2, 0.25) is 5.02 Å². The van der Waals surface area contributed by atoms with Crippen molar-refractivity contribution in [3.05, 3.63) is 82.7 Å². The molecule has 5 rings (SSSR count). The van der Waals surface area contributed by atoms with Crippen molar-refractivity contribution in [2.75, 3.05) is 24.5 Å². The van der Waals surface area contributed by atoms with Crippen molar-refractivity contribution in [2.45, 2.75) is 40.0 Å². The summed E-state index contributed by atoms with van der Waals surface area (Å²) in [7, 11) is 0. The predicted molar refractivity (Wildman–Crippen MR) is 151 cm³/mol. The molecular weight excluding hydrogens is 484 g/mol. The molecule has 1 unspecified atom stereocenters. The second kappa shape index (κ2) is 12.1. The number of hydrogen-bond donors (Lipinski definition) is 2. The molecule has 0 aliphatic rings. The van der Waals surface area contributed by atoms with Gasteiger partial charge in [0, 0.05) is 43.9 Å². The van der Waals surface area contributed by atoms with E-state index in [1.165, 1.54) is 5.56 Å². The first kappa shape index (κ1) is 26.4. The summed E-state index contributed by atoms with van der Waals surface area (Å²) in [5, 5.41) is 1.61. The minimum absolute atomic E-state index is 0.344. The van der Waals surface area contributed by atoms with E-state index in [0.717, 1.165) is 52.4 Å². The van der Waals surface area contributed by atoms with Crippen LogP contribution < -0.4 is 10.6 Å². The first-order valence-corrected chi connectivity index (χ1v) is 12.9. The Kier molecular flexibility index (Phi) is 8.63. The summed E-state index contributed by atoms with van der Waals surface area (Å²) >= 11 is 6.64. The lowest BCUT2D eigenvalue weighted by Crippen LogP contribution is -2.33. The molecule has 0 aliphatic carbocycles. The molecule has 192 valence electrons. The summed E-state index contributed by atoms with van der Waals surface area (Å²) in [5.74, 6) is 1.93. The zero-order valence-corrected chi connectivity index (χ0v) is 22.5. The number of benzene rings is 1. The average Bonchev–Trinajstić information content (AvgIpc) is 3.23. The van der Waals surface area contributed by atoms with Crippen LogP contribution in [0.1, 0.15) is 42.4 Å². The molecule has 0 amide bonds. The molecule has 0 saturated heterocycles. The van der Waals surface area contributed by atoms with E-state index in [1.807, 2.05) is 26.0 Å². The van der Waals surface area contributed by atoms with E-state index >= 15 is 0 Å². The van der Waals surface area contributed by atoms with Gasteiger partial charge in [0.2, 0.25) is 0 Å². The number of aromatic amines is 1. The van der Waals surface area contributed by atoms with Gasteiger partial charge >= 0.3 is 0 Å². The maximum atomic E-state index is 6.64. The van der Waals surface area contributed by atoms with Gasteiger partial charge in [-0.05, 0) is 43.4 Å². The molecule has 0 saturated carbocycles. The molecule has 0 bridgehead atoms. The maximum Gasteiger partial charge on any atom is 0.178 e. The topological polar surface area (TPSA) is 110 Å². The fraction of sp³-hybridized carbons (Fsp3) is 0.321. The number of hydrogen-bond acceptors (Lipinski definition) is 7. The molecule has 1 atom stereocenters. The highest BCUT2D eigenvalue weighted by atomic mass is 35.5. The molecule has 4 aromatic heterocycles. The summed E-state index contributed by atoms with van der Waals surface area (Å²) in [6.45, 7) is 10.3. The maximum absolute atomic E-state index is 6.64. The molecule has 0 spiro atoms. The van der Waals surface area contributed by atoms with Gasteiger partial charge in [0.25, 0.3) is 0 Å². The number of pyridine rings is 1. The number of anilines is 1. The number of rotatable bonds is 7. The zero-order chi connectivity index (χ0) is 26.4. The van der Waals surface area contributed by atoms with Crippen LogP contribution >= 0.6 is 11.6 Å². The molecule has 0 aliphatic heterocycles. The average molecular weight is 517 g/mol. The lowest BCUT2D eigenvalue weighted by Gasteiger charge is -2.27. The van der Waals surface area contributed by atoms with Crippen LogP contribution in [0.4, 0.5) is 5.82 Å². The minimum Gasteiger partial charge on any atom is -0.354 e. The Morgan fingerprint density at radius 1 is 1.05 bits per heavy atom. The lowest BCUT2D eigenvalue weighted by atomic mass is 10.0. The SMILES string of the molecule is CCc1[nH]c2nc(C)nc(N(CCN)CC(C)c3ccccc3)c2c1Cl.Cc1cnc2nccnc2c1. The normalized spacial score (nSPS) is 11.8. The number of H-pyrrole nitrogens is 1. The summed E-state index contributed by atoms with van der Waals surface area (Å²) in [6, 6.07) is 12.5. The van der Waals surface area contributed by atoms with Gasteiger partial charge in [-0.3, -0.25) is 4.98 Å².